The molecule has 1 fully saturated rings. The summed E-state index contributed by atoms with van der Waals surface area (Å²) in [6.07, 6.45) is 4.24. The fourth-order valence-corrected chi connectivity index (χ4v) is 3.97. The first-order chi connectivity index (χ1) is 13.1. The highest BCUT2D eigenvalue weighted by molar-refractivity contribution is 5.79. The van der Waals surface area contributed by atoms with Crippen LogP contribution < -0.4 is 4.74 Å². The molecule has 1 aliphatic rings. The number of fused-ring (bicyclic) bond motifs is 1. The molecule has 27 heavy (non-hydrogen) atoms. The summed E-state index contributed by atoms with van der Waals surface area (Å²) in [5.74, 6) is 1.53. The number of amides is 1. The van der Waals surface area contributed by atoms with E-state index in [1.165, 1.54) is 5.69 Å². The average Bonchev–Trinajstić information content (AvgIpc) is 3.12. The zero-order chi connectivity index (χ0) is 18.8. The molecule has 140 valence electrons. The summed E-state index contributed by atoms with van der Waals surface area (Å²) in [5.41, 5.74) is 5.44. The van der Waals surface area contributed by atoms with Crippen LogP contribution in [-0.4, -0.2) is 41.0 Å². The topological polar surface area (TPSA) is 58.2 Å². The van der Waals surface area contributed by atoms with Crippen LogP contribution in [0.1, 0.15) is 35.6 Å². The lowest BCUT2D eigenvalue weighted by molar-refractivity contribution is -0.131. The minimum absolute atomic E-state index is 0.205. The molecule has 0 aliphatic carbocycles. The normalized spacial score (nSPS) is 15.3. The number of nitrogens with zero attached hydrogens (tertiary/aromatic N) is 2. The third kappa shape index (κ3) is 3.68. The monoisotopic (exact) mass is 363 g/mol. The molecular formula is C22H25N3O2. The van der Waals surface area contributed by atoms with Gasteiger partial charge in [-0.2, -0.15) is 0 Å². The Balaban J connectivity index is 1.37. The number of pyridine rings is 1. The summed E-state index contributed by atoms with van der Waals surface area (Å²) in [5, 5.41) is 0. The van der Waals surface area contributed by atoms with Gasteiger partial charge in [0.2, 0.25) is 5.91 Å². The molecule has 5 nitrogen and oxygen atoms in total. The first kappa shape index (κ1) is 17.6. The van der Waals surface area contributed by atoms with Crippen molar-refractivity contribution in [3.05, 3.63) is 59.4 Å². The van der Waals surface area contributed by atoms with Crippen LogP contribution in [0.4, 0.5) is 0 Å². The van der Waals surface area contributed by atoms with Gasteiger partial charge in [-0.25, -0.2) is 0 Å². The van der Waals surface area contributed by atoms with E-state index in [9.17, 15) is 4.79 Å². The van der Waals surface area contributed by atoms with E-state index in [-0.39, 0.29) is 5.91 Å². The van der Waals surface area contributed by atoms with Crippen LogP contribution >= 0.6 is 0 Å². The number of aryl methyl sites for hydroxylation is 1. The van der Waals surface area contributed by atoms with Crippen molar-refractivity contribution in [1.82, 2.24) is 14.9 Å². The summed E-state index contributed by atoms with van der Waals surface area (Å²) in [6, 6.07) is 12.1. The van der Waals surface area contributed by atoms with E-state index in [1.54, 1.807) is 7.11 Å². The van der Waals surface area contributed by atoms with Gasteiger partial charge in [-0.15, -0.1) is 0 Å². The summed E-state index contributed by atoms with van der Waals surface area (Å²) in [7, 11) is 1.67. The number of H-pyrrole nitrogens is 1. The Morgan fingerprint density at radius 3 is 2.78 bits per heavy atom. The van der Waals surface area contributed by atoms with Crippen LogP contribution in [0.5, 0.6) is 5.75 Å². The Hall–Kier alpha value is -2.82. The Morgan fingerprint density at radius 2 is 2.07 bits per heavy atom. The summed E-state index contributed by atoms with van der Waals surface area (Å²) >= 11 is 0. The summed E-state index contributed by atoms with van der Waals surface area (Å²) in [4.78, 5) is 22.6. The van der Waals surface area contributed by atoms with Gasteiger partial charge < -0.3 is 14.6 Å². The van der Waals surface area contributed by atoms with Gasteiger partial charge in [0.25, 0.3) is 0 Å². The average molecular weight is 363 g/mol. The molecule has 1 aliphatic heterocycles. The molecule has 4 rings (SSSR count). The standard InChI is InChI=1S/C22H25N3O2/c1-15-12-16(5-6-21(15)27-2)13-22(26)25-10-7-17(8-11-25)19-14-20-18(24-19)4-3-9-23-20/h3-6,9,12,14,17,24H,7-8,10-11,13H2,1-2H3. The van der Waals surface area contributed by atoms with Crippen molar-refractivity contribution in [2.45, 2.75) is 32.1 Å². The van der Waals surface area contributed by atoms with Gasteiger partial charge in [-0.3, -0.25) is 9.78 Å². The van der Waals surface area contributed by atoms with E-state index in [2.05, 4.69) is 22.1 Å². The lowest BCUT2D eigenvalue weighted by Crippen LogP contribution is -2.38. The first-order valence-electron chi connectivity index (χ1n) is 9.49. The summed E-state index contributed by atoms with van der Waals surface area (Å²) < 4.78 is 5.29. The number of methoxy groups -OCH3 is 1. The number of likely N-dealkylation sites (tertiary alicyclic amines) is 1. The number of nitrogens with one attached hydrogen (secondary N) is 1. The van der Waals surface area contributed by atoms with E-state index in [4.69, 9.17) is 4.74 Å². The Morgan fingerprint density at radius 1 is 1.26 bits per heavy atom. The van der Waals surface area contributed by atoms with Crippen LogP contribution in [0, 0.1) is 6.92 Å². The van der Waals surface area contributed by atoms with Crippen LogP contribution in [0.25, 0.3) is 11.0 Å². The zero-order valence-corrected chi connectivity index (χ0v) is 15.9. The second-order valence-corrected chi connectivity index (χ2v) is 7.30. The molecule has 0 atom stereocenters. The minimum Gasteiger partial charge on any atom is -0.496 e. The van der Waals surface area contributed by atoms with Gasteiger partial charge in [-0.1, -0.05) is 12.1 Å². The van der Waals surface area contributed by atoms with Gasteiger partial charge in [0.15, 0.2) is 0 Å². The largest absolute Gasteiger partial charge is 0.496 e. The van der Waals surface area contributed by atoms with Crippen LogP contribution in [0.3, 0.4) is 0 Å². The van der Waals surface area contributed by atoms with Crippen molar-refractivity contribution in [3.8, 4) is 5.75 Å². The number of ether oxygens (including phenoxy) is 1. The fourth-order valence-electron chi connectivity index (χ4n) is 3.97. The van der Waals surface area contributed by atoms with Crippen molar-refractivity contribution in [3.63, 3.8) is 0 Å². The SMILES string of the molecule is COc1ccc(CC(=O)N2CCC(c3cc4ncccc4[nH]3)CC2)cc1C. The predicted octanol–water partition coefficient (Wildman–Crippen LogP) is 3.83. The number of aromatic amines is 1. The summed E-state index contributed by atoms with van der Waals surface area (Å²) in [6.45, 7) is 3.62. The molecule has 1 N–H and O–H groups in total. The minimum atomic E-state index is 0.205. The number of hydrogen-bond donors (Lipinski definition) is 1. The molecule has 0 bridgehead atoms. The molecule has 3 aromatic rings. The number of piperidine rings is 1. The molecule has 0 unspecified atom stereocenters. The fraction of sp³-hybridized carbons (Fsp3) is 0.364. The molecular weight excluding hydrogens is 338 g/mol. The Bertz CT molecular complexity index is 922. The second-order valence-electron chi connectivity index (χ2n) is 7.30. The maximum Gasteiger partial charge on any atom is 0.226 e. The maximum absolute atomic E-state index is 12.7. The molecule has 1 amide bonds. The number of aromatic nitrogens is 2. The smallest absolute Gasteiger partial charge is 0.226 e. The Labute approximate surface area is 159 Å². The lowest BCUT2D eigenvalue weighted by atomic mass is 9.93. The molecule has 0 saturated carbocycles. The second kappa shape index (κ2) is 7.43. The van der Waals surface area contributed by atoms with E-state index in [1.807, 2.05) is 42.3 Å². The van der Waals surface area contributed by atoms with Gasteiger partial charge in [0.1, 0.15) is 5.75 Å². The van der Waals surface area contributed by atoms with Crippen molar-refractivity contribution in [1.29, 1.82) is 0 Å². The van der Waals surface area contributed by atoms with Crippen molar-refractivity contribution in [2.24, 2.45) is 0 Å². The molecule has 5 heteroatoms. The van der Waals surface area contributed by atoms with E-state index in [0.717, 1.165) is 53.8 Å². The first-order valence-corrected chi connectivity index (χ1v) is 9.49. The number of carbonyl (C=O) groups excluding carboxylic acids is 1. The number of hydrogen-bond acceptors (Lipinski definition) is 3. The van der Waals surface area contributed by atoms with Crippen LogP contribution in [-0.2, 0) is 11.2 Å². The third-order valence-corrected chi connectivity index (χ3v) is 5.51. The maximum atomic E-state index is 12.7. The quantitative estimate of drug-likeness (QED) is 0.766. The predicted molar refractivity (Wildman–Crippen MR) is 106 cm³/mol. The third-order valence-electron chi connectivity index (χ3n) is 5.51. The Kier molecular flexibility index (Phi) is 4.84. The van der Waals surface area contributed by atoms with Gasteiger partial charge in [-0.05, 0) is 55.2 Å². The lowest BCUT2D eigenvalue weighted by Gasteiger charge is -2.31. The van der Waals surface area contributed by atoms with Crippen molar-refractivity contribution < 1.29 is 9.53 Å². The molecule has 1 aromatic carbocycles. The molecule has 1 saturated heterocycles. The van der Waals surface area contributed by atoms with Crippen LogP contribution in [0.15, 0.2) is 42.6 Å². The number of carbonyl (C=O) groups is 1. The van der Waals surface area contributed by atoms with Crippen molar-refractivity contribution in [2.75, 3.05) is 20.2 Å². The molecule has 2 aromatic heterocycles. The highest BCUT2D eigenvalue weighted by Gasteiger charge is 2.25. The van der Waals surface area contributed by atoms with Gasteiger partial charge >= 0.3 is 0 Å². The number of benzene rings is 1. The molecule has 0 radical (unpaired) electrons. The number of rotatable bonds is 4. The van der Waals surface area contributed by atoms with Gasteiger partial charge in [0.05, 0.1) is 24.6 Å². The van der Waals surface area contributed by atoms with E-state index >= 15 is 0 Å². The highest BCUT2D eigenvalue weighted by atomic mass is 16.5. The highest BCUT2D eigenvalue weighted by Crippen LogP contribution is 2.29. The molecule has 3 heterocycles. The van der Waals surface area contributed by atoms with E-state index < -0.39 is 0 Å². The van der Waals surface area contributed by atoms with Crippen LogP contribution in [0.2, 0.25) is 0 Å². The van der Waals surface area contributed by atoms with Gasteiger partial charge in [0, 0.05) is 30.9 Å². The van der Waals surface area contributed by atoms with E-state index in [0.29, 0.717) is 12.3 Å². The van der Waals surface area contributed by atoms with Crippen molar-refractivity contribution >= 4 is 16.9 Å². The zero-order valence-electron chi connectivity index (χ0n) is 15.9. The molecule has 0 spiro atoms.